The molecule has 0 aliphatic carbocycles. The maximum atomic E-state index is 10.6. The molecule has 1 aromatic carbocycles. The van der Waals surface area contributed by atoms with Crippen LogP contribution in [0.5, 0.6) is 0 Å². The first-order valence-electron chi connectivity index (χ1n) is 3.77. The van der Waals surface area contributed by atoms with Crippen LogP contribution in [0.25, 0.3) is 0 Å². The molecule has 0 unspecified atom stereocenters. The topological polar surface area (TPSA) is 52.3 Å². The van der Waals surface area contributed by atoms with Crippen LogP contribution in [0.3, 0.4) is 0 Å². The van der Waals surface area contributed by atoms with Crippen LogP contribution in [0.4, 0.5) is 5.69 Å². The molecule has 0 aliphatic heterocycles. The molecule has 1 aromatic rings. The molecule has 0 radical (unpaired) electrons. The number of hydrogen-bond donors (Lipinski definition) is 1. The Balaban J connectivity index is 2.75. The number of rotatable bonds is 2. The molecule has 5 heteroatoms. The summed E-state index contributed by atoms with van der Waals surface area (Å²) in [6.07, 6.45) is 0. The zero-order valence-electron chi connectivity index (χ0n) is 7.21. The van der Waals surface area contributed by atoms with Crippen LogP contribution in [0.2, 0.25) is 0 Å². The summed E-state index contributed by atoms with van der Waals surface area (Å²) in [6.45, 7) is 1.43. The Morgan fingerprint density at radius 2 is 2.31 bits per heavy atom. The van der Waals surface area contributed by atoms with E-state index in [-0.39, 0.29) is 5.97 Å². The van der Waals surface area contributed by atoms with Gasteiger partial charge in [0.05, 0.1) is 0 Å². The number of halogens is 1. The predicted octanol–water partition coefficient (Wildman–Crippen LogP) is 1.06. The van der Waals surface area contributed by atoms with Gasteiger partial charge in [-0.15, -0.1) is 0 Å². The SMILES string of the molecule is CC(=O)[O][Hg][c]1cc(I)ccc1N. The molecule has 0 aliphatic rings. The molecule has 0 saturated carbocycles. The average Bonchev–Trinajstić information content (AvgIpc) is 2.06. The van der Waals surface area contributed by atoms with E-state index in [0.29, 0.717) is 0 Å². The summed E-state index contributed by atoms with van der Waals surface area (Å²) in [6, 6.07) is 5.81. The van der Waals surface area contributed by atoms with E-state index < -0.39 is 25.0 Å². The number of nitrogen functional groups attached to an aromatic ring is 1. The maximum absolute atomic E-state index is 10.6. The van der Waals surface area contributed by atoms with Crippen molar-refractivity contribution in [2.24, 2.45) is 0 Å². The van der Waals surface area contributed by atoms with Crippen molar-refractivity contribution in [3.63, 3.8) is 0 Å². The fourth-order valence-corrected chi connectivity index (χ4v) is 6.73. The van der Waals surface area contributed by atoms with Crippen molar-refractivity contribution >= 4 is 37.3 Å². The number of carbonyl (C=O) groups is 1. The summed E-state index contributed by atoms with van der Waals surface area (Å²) in [5.74, 6) is -0.195. The van der Waals surface area contributed by atoms with E-state index in [1.54, 1.807) is 0 Å². The Bertz CT molecular complexity index is 330. The van der Waals surface area contributed by atoms with E-state index in [1.807, 2.05) is 18.2 Å². The van der Waals surface area contributed by atoms with Crippen molar-refractivity contribution in [3.05, 3.63) is 21.8 Å². The van der Waals surface area contributed by atoms with Crippen LogP contribution in [-0.2, 0) is 32.5 Å². The summed E-state index contributed by atoms with van der Waals surface area (Å²) < 4.78 is 7.27. The van der Waals surface area contributed by atoms with Gasteiger partial charge in [-0.2, -0.15) is 0 Å². The molecule has 66 valence electrons. The van der Waals surface area contributed by atoms with Gasteiger partial charge in [0.2, 0.25) is 0 Å². The van der Waals surface area contributed by atoms with Crippen molar-refractivity contribution < 1.29 is 32.5 Å². The van der Waals surface area contributed by atoms with E-state index in [0.717, 1.165) is 12.3 Å². The Labute approximate surface area is 103 Å². The van der Waals surface area contributed by atoms with E-state index in [4.69, 9.17) is 8.38 Å². The Morgan fingerprint density at radius 3 is 2.92 bits per heavy atom. The quantitative estimate of drug-likeness (QED) is 0.394. The number of carbonyl (C=O) groups excluding carboxylic acids is 1. The van der Waals surface area contributed by atoms with Gasteiger partial charge < -0.3 is 0 Å². The summed E-state index contributed by atoms with van der Waals surface area (Å²) in [7, 11) is 0. The van der Waals surface area contributed by atoms with Crippen LogP contribution < -0.4 is 8.81 Å². The Morgan fingerprint density at radius 1 is 1.62 bits per heavy atom. The second-order valence-corrected chi connectivity index (χ2v) is 9.07. The van der Waals surface area contributed by atoms with E-state index in [1.165, 1.54) is 6.92 Å². The number of nitrogens with two attached hydrogens (primary N) is 1. The van der Waals surface area contributed by atoms with E-state index >= 15 is 0 Å². The molecule has 0 fully saturated rings. The fraction of sp³-hybridized carbons (Fsp3) is 0.125. The van der Waals surface area contributed by atoms with Gasteiger partial charge in [0.25, 0.3) is 0 Å². The van der Waals surface area contributed by atoms with Gasteiger partial charge in [0.1, 0.15) is 0 Å². The van der Waals surface area contributed by atoms with Crippen molar-refractivity contribution in [1.29, 1.82) is 0 Å². The van der Waals surface area contributed by atoms with E-state index in [9.17, 15) is 4.79 Å². The first kappa shape index (κ1) is 11.2. The van der Waals surface area contributed by atoms with Gasteiger partial charge in [-0.3, -0.25) is 0 Å². The molecule has 0 aromatic heterocycles. The molecular formula is C8H8HgINO2. The Hall–Kier alpha value is 0.155. The predicted molar refractivity (Wildman–Crippen MR) is 55.0 cm³/mol. The molecule has 2 N–H and O–H groups in total. The van der Waals surface area contributed by atoms with Crippen molar-refractivity contribution in [3.8, 4) is 0 Å². The molecule has 0 saturated heterocycles. The minimum absolute atomic E-state index is 0.195. The van der Waals surface area contributed by atoms with Gasteiger partial charge >= 0.3 is 104 Å². The van der Waals surface area contributed by atoms with Crippen molar-refractivity contribution in [2.45, 2.75) is 6.92 Å². The molecular weight excluding hydrogens is 470 g/mol. The van der Waals surface area contributed by atoms with Gasteiger partial charge in [-0.25, -0.2) is 0 Å². The first-order chi connectivity index (χ1) is 6.09. The van der Waals surface area contributed by atoms with Crippen molar-refractivity contribution in [2.75, 3.05) is 5.73 Å². The van der Waals surface area contributed by atoms with Gasteiger partial charge in [0, 0.05) is 0 Å². The number of hydrogen-bond acceptors (Lipinski definition) is 3. The number of benzene rings is 1. The average molecular weight is 478 g/mol. The number of anilines is 1. The van der Waals surface area contributed by atoms with Gasteiger partial charge in [-0.05, 0) is 0 Å². The molecule has 0 spiro atoms. The summed E-state index contributed by atoms with van der Waals surface area (Å²) in [5.41, 5.74) is 6.49. The normalized spacial score (nSPS) is 9.08. The third-order valence-electron chi connectivity index (χ3n) is 1.54. The zero-order chi connectivity index (χ0) is 9.84. The molecule has 0 heterocycles. The van der Waals surface area contributed by atoms with Crippen LogP contribution in [0, 0.1) is 3.57 Å². The third-order valence-corrected chi connectivity index (χ3v) is 7.94. The standard InChI is InChI=1S/C6H5IN.C2H4O2.Hg/c7-5-1-3-6(8)4-2-5;1-2(3)4;/h1-3H,8H2;1H3,(H,3,4);/q;;+1/p-1. The third kappa shape index (κ3) is 3.80. The fourth-order valence-electron chi connectivity index (χ4n) is 0.879. The molecule has 13 heavy (non-hydrogen) atoms. The van der Waals surface area contributed by atoms with Crippen LogP contribution in [0.1, 0.15) is 6.92 Å². The van der Waals surface area contributed by atoms with Crippen molar-refractivity contribution in [1.82, 2.24) is 0 Å². The van der Waals surface area contributed by atoms with Gasteiger partial charge in [-0.1, -0.05) is 0 Å². The second kappa shape index (κ2) is 5.14. The summed E-state index contributed by atoms with van der Waals surface area (Å²) in [4.78, 5) is 10.6. The second-order valence-electron chi connectivity index (χ2n) is 2.62. The Kier molecular flexibility index (Phi) is 4.44. The van der Waals surface area contributed by atoms with Gasteiger partial charge in [0.15, 0.2) is 0 Å². The molecule has 0 amide bonds. The van der Waals surface area contributed by atoms with Crippen LogP contribution in [-0.4, -0.2) is 5.97 Å². The van der Waals surface area contributed by atoms with Crippen LogP contribution >= 0.6 is 22.6 Å². The summed E-state index contributed by atoms with van der Waals surface area (Å²) >= 11 is 0.488. The first-order valence-corrected chi connectivity index (χ1v) is 9.84. The molecule has 3 nitrogen and oxygen atoms in total. The minimum atomic E-state index is -1.73. The molecule has 0 bridgehead atoms. The van der Waals surface area contributed by atoms with Crippen LogP contribution in [0.15, 0.2) is 18.2 Å². The molecule has 1 rings (SSSR count). The zero-order valence-corrected chi connectivity index (χ0v) is 14.9. The monoisotopic (exact) mass is 479 g/mol. The van der Waals surface area contributed by atoms with E-state index in [2.05, 4.69) is 22.6 Å². The summed E-state index contributed by atoms with van der Waals surface area (Å²) in [5, 5.41) is 0. The molecule has 0 atom stereocenters.